The molecule has 0 aliphatic rings. The summed E-state index contributed by atoms with van der Waals surface area (Å²) in [6, 6.07) is 7.46. The maximum absolute atomic E-state index is 11.6. The van der Waals surface area contributed by atoms with E-state index >= 15 is 0 Å². The van der Waals surface area contributed by atoms with E-state index in [0.29, 0.717) is 5.58 Å². The number of unbranched alkanes of at least 4 members (excludes halogenated alkanes) is 3. The molecule has 0 atom stereocenters. The van der Waals surface area contributed by atoms with Gasteiger partial charge in [-0.05, 0) is 37.1 Å². The lowest BCUT2D eigenvalue weighted by Crippen LogP contribution is -1.97. The predicted octanol–water partition coefficient (Wildman–Crippen LogP) is 4.97. The zero-order valence-electron chi connectivity index (χ0n) is 12.6. The first kappa shape index (κ1) is 13.9. The summed E-state index contributed by atoms with van der Waals surface area (Å²) in [6.07, 6.45) is 5.79. The van der Waals surface area contributed by atoms with Gasteiger partial charge in [0.2, 0.25) is 0 Å². The van der Waals surface area contributed by atoms with Gasteiger partial charge in [0.25, 0.3) is 0 Å². The standard InChI is InChI=1S/C18H20O3/c1-3-4-5-6-7-13-11-15-16(20-13)9-8-14-12(2)10-17(19)21-18(14)15/h8-11H,3-7H2,1-2H3. The zero-order valence-corrected chi connectivity index (χ0v) is 12.6. The molecule has 2 aromatic heterocycles. The fourth-order valence-corrected chi connectivity index (χ4v) is 2.79. The molecule has 0 aliphatic carbocycles. The van der Waals surface area contributed by atoms with Gasteiger partial charge < -0.3 is 8.83 Å². The van der Waals surface area contributed by atoms with Crippen LogP contribution in [0.1, 0.15) is 43.9 Å². The average Bonchev–Trinajstić information content (AvgIpc) is 2.87. The molecule has 3 aromatic rings. The van der Waals surface area contributed by atoms with Gasteiger partial charge in [0.15, 0.2) is 0 Å². The molecule has 0 amide bonds. The van der Waals surface area contributed by atoms with Crippen LogP contribution < -0.4 is 5.63 Å². The molecule has 0 bridgehead atoms. The molecular weight excluding hydrogens is 264 g/mol. The van der Waals surface area contributed by atoms with E-state index in [1.54, 1.807) is 0 Å². The fourth-order valence-electron chi connectivity index (χ4n) is 2.79. The molecule has 1 aromatic carbocycles. The molecule has 21 heavy (non-hydrogen) atoms. The molecule has 2 heterocycles. The smallest absolute Gasteiger partial charge is 0.336 e. The molecule has 3 heteroatoms. The molecular formula is C18H20O3. The van der Waals surface area contributed by atoms with Gasteiger partial charge in [-0.25, -0.2) is 4.79 Å². The first-order chi connectivity index (χ1) is 10.2. The van der Waals surface area contributed by atoms with Crippen LogP contribution in [-0.2, 0) is 6.42 Å². The van der Waals surface area contributed by atoms with Crippen molar-refractivity contribution in [3.05, 3.63) is 46.0 Å². The minimum Gasteiger partial charge on any atom is -0.461 e. The van der Waals surface area contributed by atoms with E-state index in [0.717, 1.165) is 40.5 Å². The van der Waals surface area contributed by atoms with Crippen molar-refractivity contribution in [1.82, 2.24) is 0 Å². The number of benzene rings is 1. The van der Waals surface area contributed by atoms with E-state index in [1.807, 2.05) is 25.1 Å². The van der Waals surface area contributed by atoms with E-state index in [9.17, 15) is 4.79 Å². The largest absolute Gasteiger partial charge is 0.461 e. The van der Waals surface area contributed by atoms with Crippen molar-refractivity contribution in [2.75, 3.05) is 0 Å². The van der Waals surface area contributed by atoms with E-state index in [4.69, 9.17) is 8.83 Å². The summed E-state index contributed by atoms with van der Waals surface area (Å²) in [5, 5.41) is 1.87. The second-order valence-electron chi connectivity index (χ2n) is 5.63. The molecule has 3 rings (SSSR count). The number of rotatable bonds is 5. The topological polar surface area (TPSA) is 43.4 Å². The van der Waals surface area contributed by atoms with E-state index in [1.165, 1.54) is 25.3 Å². The lowest BCUT2D eigenvalue weighted by molar-refractivity contribution is 0.527. The third-order valence-corrected chi connectivity index (χ3v) is 3.94. The second-order valence-corrected chi connectivity index (χ2v) is 5.63. The van der Waals surface area contributed by atoms with Gasteiger partial charge in [-0.2, -0.15) is 0 Å². The van der Waals surface area contributed by atoms with Crippen LogP contribution in [0.3, 0.4) is 0 Å². The van der Waals surface area contributed by atoms with E-state index in [2.05, 4.69) is 6.92 Å². The summed E-state index contributed by atoms with van der Waals surface area (Å²) in [4.78, 5) is 11.6. The predicted molar refractivity (Wildman–Crippen MR) is 84.8 cm³/mol. The SMILES string of the molecule is CCCCCCc1cc2c(ccc3c(C)cc(=O)oc32)o1. The Bertz CT molecular complexity index is 823. The van der Waals surface area contributed by atoms with Crippen molar-refractivity contribution >= 4 is 21.9 Å². The van der Waals surface area contributed by atoms with E-state index in [-0.39, 0.29) is 5.63 Å². The van der Waals surface area contributed by atoms with Crippen LogP contribution in [0, 0.1) is 6.92 Å². The second kappa shape index (κ2) is 5.76. The van der Waals surface area contributed by atoms with Gasteiger partial charge in [-0.1, -0.05) is 26.2 Å². The first-order valence-electron chi connectivity index (χ1n) is 7.65. The number of aryl methyl sites for hydroxylation is 2. The van der Waals surface area contributed by atoms with Crippen LogP contribution >= 0.6 is 0 Å². The van der Waals surface area contributed by atoms with Crippen LogP contribution in [-0.4, -0.2) is 0 Å². The Kier molecular flexibility index (Phi) is 3.82. The highest BCUT2D eigenvalue weighted by Gasteiger charge is 2.11. The van der Waals surface area contributed by atoms with Crippen LogP contribution in [0.2, 0.25) is 0 Å². The molecule has 110 valence electrons. The normalized spacial score (nSPS) is 11.5. The molecule has 0 N–H and O–H groups in total. The van der Waals surface area contributed by atoms with Gasteiger partial charge in [-0.15, -0.1) is 0 Å². The van der Waals surface area contributed by atoms with Crippen molar-refractivity contribution in [3.8, 4) is 0 Å². The van der Waals surface area contributed by atoms with Crippen molar-refractivity contribution in [2.45, 2.75) is 46.0 Å². The maximum Gasteiger partial charge on any atom is 0.336 e. The minimum atomic E-state index is -0.307. The van der Waals surface area contributed by atoms with Crippen LogP contribution in [0.4, 0.5) is 0 Å². The van der Waals surface area contributed by atoms with Crippen molar-refractivity contribution in [3.63, 3.8) is 0 Å². The Balaban J connectivity index is 2.01. The third-order valence-electron chi connectivity index (χ3n) is 3.94. The first-order valence-corrected chi connectivity index (χ1v) is 7.65. The summed E-state index contributed by atoms with van der Waals surface area (Å²) < 4.78 is 11.3. The molecule has 0 unspecified atom stereocenters. The highest BCUT2D eigenvalue weighted by Crippen LogP contribution is 2.29. The van der Waals surface area contributed by atoms with Gasteiger partial charge in [0.1, 0.15) is 16.9 Å². The Morgan fingerprint density at radius 3 is 2.67 bits per heavy atom. The van der Waals surface area contributed by atoms with Gasteiger partial charge >= 0.3 is 5.63 Å². The third kappa shape index (κ3) is 2.73. The Morgan fingerprint density at radius 1 is 1.00 bits per heavy atom. The van der Waals surface area contributed by atoms with Crippen LogP contribution in [0.5, 0.6) is 0 Å². The minimum absolute atomic E-state index is 0.307. The Morgan fingerprint density at radius 2 is 1.86 bits per heavy atom. The summed E-state index contributed by atoms with van der Waals surface area (Å²) in [5.41, 5.74) is 2.06. The molecule has 0 radical (unpaired) electrons. The zero-order chi connectivity index (χ0) is 14.8. The summed E-state index contributed by atoms with van der Waals surface area (Å²) in [6.45, 7) is 4.13. The number of hydrogen-bond donors (Lipinski definition) is 0. The summed E-state index contributed by atoms with van der Waals surface area (Å²) in [5.74, 6) is 0.970. The molecule has 0 spiro atoms. The van der Waals surface area contributed by atoms with Crippen LogP contribution in [0.25, 0.3) is 21.9 Å². The highest BCUT2D eigenvalue weighted by molar-refractivity contribution is 6.03. The quantitative estimate of drug-likeness (QED) is 0.490. The highest BCUT2D eigenvalue weighted by atomic mass is 16.4. The molecule has 0 aliphatic heterocycles. The maximum atomic E-state index is 11.6. The van der Waals surface area contributed by atoms with Gasteiger partial charge in [-0.3, -0.25) is 0 Å². The lowest BCUT2D eigenvalue weighted by atomic mass is 10.1. The lowest BCUT2D eigenvalue weighted by Gasteiger charge is -1.99. The molecule has 0 saturated heterocycles. The molecule has 0 fully saturated rings. The summed E-state index contributed by atoms with van der Waals surface area (Å²) >= 11 is 0. The number of furan rings is 1. The Hall–Kier alpha value is -2.03. The number of fused-ring (bicyclic) bond motifs is 3. The molecule has 0 saturated carbocycles. The Labute approximate surface area is 123 Å². The van der Waals surface area contributed by atoms with Crippen molar-refractivity contribution < 1.29 is 8.83 Å². The number of hydrogen-bond acceptors (Lipinski definition) is 3. The van der Waals surface area contributed by atoms with Crippen molar-refractivity contribution in [1.29, 1.82) is 0 Å². The average molecular weight is 284 g/mol. The van der Waals surface area contributed by atoms with E-state index < -0.39 is 0 Å². The van der Waals surface area contributed by atoms with Gasteiger partial charge in [0, 0.05) is 17.9 Å². The van der Waals surface area contributed by atoms with Crippen LogP contribution in [0.15, 0.2) is 37.9 Å². The van der Waals surface area contributed by atoms with Crippen molar-refractivity contribution in [2.24, 2.45) is 0 Å². The molecule has 3 nitrogen and oxygen atoms in total. The van der Waals surface area contributed by atoms with Gasteiger partial charge in [0.05, 0.1) is 5.39 Å². The monoisotopic (exact) mass is 284 g/mol. The summed E-state index contributed by atoms with van der Waals surface area (Å²) in [7, 11) is 0. The fraction of sp³-hybridized carbons (Fsp3) is 0.389.